The molecular weight excluding hydrogens is 445 g/mol. The Hall–Kier alpha value is -4.07. The van der Waals surface area contributed by atoms with Gasteiger partial charge in [-0.3, -0.25) is 9.79 Å². The average molecular weight is 478 g/mol. The lowest BCUT2D eigenvalue weighted by atomic mass is 10.1. The lowest BCUT2D eigenvalue weighted by Gasteiger charge is -2.16. The third-order valence-corrected chi connectivity index (χ3v) is 5.26. The molecule has 0 aromatic heterocycles. The lowest BCUT2D eigenvalue weighted by Crippen LogP contribution is -2.29. The maximum absolute atomic E-state index is 14.1. The van der Waals surface area contributed by atoms with Gasteiger partial charge in [0.2, 0.25) is 0 Å². The molecule has 0 radical (unpaired) electrons. The van der Waals surface area contributed by atoms with Gasteiger partial charge in [0.1, 0.15) is 12.1 Å². The topological polar surface area (TPSA) is 86.2 Å². The van der Waals surface area contributed by atoms with E-state index in [0.29, 0.717) is 29.1 Å². The Morgan fingerprint density at radius 3 is 2.49 bits per heavy atom. The number of aryl methyl sites for hydroxylation is 1. The van der Waals surface area contributed by atoms with E-state index in [9.17, 15) is 14.0 Å². The fourth-order valence-corrected chi connectivity index (χ4v) is 3.18. The molecular formula is C27H32FN5O2. The predicted molar refractivity (Wildman–Crippen MR) is 143 cm³/mol. The van der Waals surface area contributed by atoms with Gasteiger partial charge in [0.15, 0.2) is 5.84 Å². The van der Waals surface area contributed by atoms with Crippen LogP contribution >= 0.6 is 0 Å². The van der Waals surface area contributed by atoms with Crippen LogP contribution in [0.15, 0.2) is 64.9 Å². The number of hydrogen-bond acceptors (Lipinski definition) is 5. The zero-order valence-electron chi connectivity index (χ0n) is 21.0. The normalized spacial score (nSPS) is 12.6. The van der Waals surface area contributed by atoms with Gasteiger partial charge in [0, 0.05) is 37.7 Å². The number of halogens is 1. The van der Waals surface area contributed by atoms with Crippen molar-refractivity contribution in [2.45, 2.75) is 27.7 Å². The van der Waals surface area contributed by atoms with Gasteiger partial charge in [-0.05, 0) is 74.7 Å². The van der Waals surface area contributed by atoms with Gasteiger partial charge < -0.3 is 20.3 Å². The number of carbonyl (C=O) groups excluding carboxylic acids is 2. The van der Waals surface area contributed by atoms with Crippen molar-refractivity contribution in [3.8, 4) is 0 Å². The van der Waals surface area contributed by atoms with E-state index in [1.54, 1.807) is 50.8 Å². The number of nitrogens with zero attached hydrogens (tertiary/aromatic N) is 3. The molecule has 0 spiro atoms. The van der Waals surface area contributed by atoms with Crippen molar-refractivity contribution in [2.75, 3.05) is 31.3 Å². The summed E-state index contributed by atoms with van der Waals surface area (Å²) in [6.07, 6.45) is 5.83. The zero-order chi connectivity index (χ0) is 26.0. The minimum Gasteiger partial charge on any atom is -0.386 e. The Labute approximate surface area is 206 Å². The van der Waals surface area contributed by atoms with Crippen molar-refractivity contribution in [3.63, 3.8) is 0 Å². The van der Waals surface area contributed by atoms with Crippen LogP contribution in [-0.4, -0.2) is 49.3 Å². The van der Waals surface area contributed by atoms with Crippen LogP contribution in [0.5, 0.6) is 0 Å². The molecule has 184 valence electrons. The summed E-state index contributed by atoms with van der Waals surface area (Å²) in [4.78, 5) is 33.6. The molecule has 2 rings (SSSR count). The molecule has 1 amide bonds. The Balaban J connectivity index is 2.28. The minimum absolute atomic E-state index is 0.0350. The molecule has 0 aliphatic heterocycles. The van der Waals surface area contributed by atoms with Crippen LogP contribution in [0.4, 0.5) is 15.8 Å². The first-order valence-electron chi connectivity index (χ1n) is 11.2. The van der Waals surface area contributed by atoms with Gasteiger partial charge in [-0.2, -0.15) is 0 Å². The highest BCUT2D eigenvalue weighted by Crippen LogP contribution is 2.21. The SMILES string of the molecule is C\C=C/N=C(Nc1ccc(C(=O)N(C)CC=O)c(C)c1)\C(C)=N\C=C(/C)c1ccc(NC)c(F)c1. The number of allylic oxidation sites excluding steroid dienone is 2. The Morgan fingerprint density at radius 1 is 1.14 bits per heavy atom. The number of anilines is 2. The summed E-state index contributed by atoms with van der Waals surface area (Å²) >= 11 is 0. The third-order valence-electron chi connectivity index (χ3n) is 5.26. The number of amidine groups is 1. The molecule has 0 bridgehead atoms. The summed E-state index contributed by atoms with van der Waals surface area (Å²) in [6, 6.07) is 10.3. The van der Waals surface area contributed by atoms with Crippen molar-refractivity contribution in [3.05, 3.63) is 77.4 Å². The fourth-order valence-electron chi connectivity index (χ4n) is 3.18. The summed E-state index contributed by atoms with van der Waals surface area (Å²) < 4.78 is 14.1. The van der Waals surface area contributed by atoms with E-state index in [4.69, 9.17) is 0 Å². The standard InChI is InChI=1S/C27H32FN5O2/c1-7-12-30-26(20(4)31-17-19(3)21-8-11-25(29-5)24(28)16-21)32-22-9-10-23(18(2)15-22)27(35)33(6)13-14-34/h7-12,14-17,29H,13H2,1-6H3,(H,30,32)/b12-7-,19-17+,31-20+. The highest BCUT2D eigenvalue weighted by Gasteiger charge is 2.14. The van der Waals surface area contributed by atoms with Crippen LogP contribution in [0, 0.1) is 12.7 Å². The van der Waals surface area contributed by atoms with E-state index in [1.165, 1.54) is 11.0 Å². The lowest BCUT2D eigenvalue weighted by molar-refractivity contribution is -0.108. The average Bonchev–Trinajstić information content (AvgIpc) is 2.84. The van der Waals surface area contributed by atoms with Gasteiger partial charge in [-0.25, -0.2) is 9.38 Å². The van der Waals surface area contributed by atoms with Crippen molar-refractivity contribution in [1.29, 1.82) is 0 Å². The van der Waals surface area contributed by atoms with E-state index in [1.807, 2.05) is 39.8 Å². The van der Waals surface area contributed by atoms with E-state index >= 15 is 0 Å². The number of nitrogens with one attached hydrogen (secondary N) is 2. The zero-order valence-corrected chi connectivity index (χ0v) is 21.0. The second-order valence-corrected chi connectivity index (χ2v) is 7.94. The predicted octanol–water partition coefficient (Wildman–Crippen LogP) is 5.31. The highest BCUT2D eigenvalue weighted by atomic mass is 19.1. The summed E-state index contributed by atoms with van der Waals surface area (Å²) in [5.74, 6) is -0.0213. The van der Waals surface area contributed by atoms with Crippen molar-refractivity contribution < 1.29 is 14.0 Å². The molecule has 7 nitrogen and oxygen atoms in total. The summed E-state index contributed by atoms with van der Waals surface area (Å²) in [5, 5.41) is 6.06. The third kappa shape index (κ3) is 7.46. The minimum atomic E-state index is -0.329. The van der Waals surface area contributed by atoms with E-state index in [2.05, 4.69) is 20.6 Å². The largest absolute Gasteiger partial charge is 0.386 e. The number of benzene rings is 2. The summed E-state index contributed by atoms with van der Waals surface area (Å²) in [5.41, 5.74) is 4.61. The molecule has 0 aliphatic rings. The molecule has 0 saturated heterocycles. The van der Waals surface area contributed by atoms with Gasteiger partial charge in [0.25, 0.3) is 5.91 Å². The molecule has 2 aromatic rings. The number of aliphatic imine (C=N–C) groups is 2. The van der Waals surface area contributed by atoms with Gasteiger partial charge in [-0.1, -0.05) is 12.1 Å². The van der Waals surface area contributed by atoms with Crippen LogP contribution < -0.4 is 10.6 Å². The number of amides is 1. The second kappa shape index (κ2) is 13.0. The van der Waals surface area contributed by atoms with Crippen LogP contribution in [0.25, 0.3) is 5.57 Å². The quantitative estimate of drug-likeness (QED) is 0.291. The van der Waals surface area contributed by atoms with Gasteiger partial charge in [0.05, 0.1) is 17.9 Å². The van der Waals surface area contributed by atoms with Crippen LogP contribution in [0.2, 0.25) is 0 Å². The molecule has 2 N–H and O–H groups in total. The van der Waals surface area contributed by atoms with Crippen LogP contribution in [0.1, 0.15) is 42.3 Å². The second-order valence-electron chi connectivity index (χ2n) is 7.94. The summed E-state index contributed by atoms with van der Waals surface area (Å²) in [6.45, 7) is 7.42. The van der Waals surface area contributed by atoms with Crippen molar-refractivity contribution in [2.24, 2.45) is 9.98 Å². The van der Waals surface area contributed by atoms with Gasteiger partial charge >= 0.3 is 0 Å². The monoisotopic (exact) mass is 477 g/mol. The first kappa shape index (κ1) is 27.2. The summed E-state index contributed by atoms with van der Waals surface area (Å²) in [7, 11) is 3.26. The van der Waals surface area contributed by atoms with E-state index in [-0.39, 0.29) is 18.3 Å². The van der Waals surface area contributed by atoms with Crippen molar-refractivity contribution in [1.82, 2.24) is 4.90 Å². The molecule has 0 unspecified atom stereocenters. The number of carbonyl (C=O) groups is 2. The maximum Gasteiger partial charge on any atom is 0.254 e. The molecule has 0 fully saturated rings. The first-order valence-corrected chi connectivity index (χ1v) is 11.2. The maximum atomic E-state index is 14.1. The molecule has 0 saturated carbocycles. The molecule has 0 aliphatic carbocycles. The fraction of sp³-hybridized carbons (Fsp3) is 0.259. The molecule has 0 atom stereocenters. The van der Waals surface area contributed by atoms with Crippen LogP contribution in [0.3, 0.4) is 0 Å². The molecule has 8 heteroatoms. The number of rotatable bonds is 9. The number of likely N-dealkylation sites (N-methyl/N-ethyl adjacent to an activating group) is 1. The smallest absolute Gasteiger partial charge is 0.254 e. The molecule has 0 heterocycles. The van der Waals surface area contributed by atoms with E-state index < -0.39 is 0 Å². The number of aldehydes is 1. The highest BCUT2D eigenvalue weighted by molar-refractivity contribution is 6.45. The Kier molecular flexibility index (Phi) is 10.1. The van der Waals surface area contributed by atoms with Crippen LogP contribution in [-0.2, 0) is 4.79 Å². The van der Waals surface area contributed by atoms with Gasteiger partial charge in [-0.15, -0.1) is 0 Å². The Bertz CT molecular complexity index is 1200. The van der Waals surface area contributed by atoms with Crippen molar-refractivity contribution >= 4 is 40.7 Å². The molecule has 35 heavy (non-hydrogen) atoms. The number of hydrogen-bond donors (Lipinski definition) is 2. The van der Waals surface area contributed by atoms with E-state index in [0.717, 1.165) is 22.4 Å². The Morgan fingerprint density at radius 2 is 1.89 bits per heavy atom. The molecule has 2 aromatic carbocycles. The first-order chi connectivity index (χ1) is 16.7.